The van der Waals surface area contributed by atoms with Gasteiger partial charge in [-0.25, -0.2) is 4.39 Å². The van der Waals surface area contributed by atoms with Crippen molar-refractivity contribution in [3.05, 3.63) is 102 Å². The molecule has 0 bridgehead atoms. The Morgan fingerprint density at radius 3 is 2.04 bits per heavy atom. The van der Waals surface area contributed by atoms with Crippen LogP contribution in [0.1, 0.15) is 24.0 Å². The van der Waals surface area contributed by atoms with Gasteiger partial charge in [-0.2, -0.15) is 0 Å². The van der Waals surface area contributed by atoms with Crippen LogP contribution in [0, 0.1) is 5.82 Å². The first-order valence-corrected chi connectivity index (χ1v) is 9.60. The third kappa shape index (κ3) is 4.04. The Kier molecular flexibility index (Phi) is 5.21. The summed E-state index contributed by atoms with van der Waals surface area (Å²) in [6, 6.07) is 28.0. The fourth-order valence-corrected chi connectivity index (χ4v) is 4.00. The quantitative estimate of drug-likeness (QED) is 0.653. The number of para-hydroxylation sites is 1. The van der Waals surface area contributed by atoms with Crippen LogP contribution >= 0.6 is 0 Å². The lowest BCUT2D eigenvalue weighted by Crippen LogP contribution is -2.47. The van der Waals surface area contributed by atoms with E-state index in [0.29, 0.717) is 5.69 Å². The van der Waals surface area contributed by atoms with Crippen molar-refractivity contribution < 1.29 is 4.39 Å². The third-order valence-electron chi connectivity index (χ3n) is 5.53. The van der Waals surface area contributed by atoms with Gasteiger partial charge in [-0.15, -0.1) is 0 Å². The van der Waals surface area contributed by atoms with Crippen molar-refractivity contribution >= 4 is 5.69 Å². The summed E-state index contributed by atoms with van der Waals surface area (Å²) in [4.78, 5) is 2.49. The van der Waals surface area contributed by atoms with E-state index in [1.54, 1.807) is 6.07 Å². The van der Waals surface area contributed by atoms with Crippen LogP contribution in [0.25, 0.3) is 0 Å². The SMILES string of the molecule is Fc1ccccc1NC1(c2ccccc2)CCN(Cc2ccccc2)CC1. The Balaban J connectivity index is 1.55. The van der Waals surface area contributed by atoms with Crippen molar-refractivity contribution in [2.45, 2.75) is 24.9 Å². The highest BCUT2D eigenvalue weighted by Crippen LogP contribution is 2.37. The number of rotatable bonds is 5. The van der Waals surface area contributed by atoms with E-state index in [1.807, 2.05) is 18.2 Å². The zero-order valence-corrected chi connectivity index (χ0v) is 15.4. The Morgan fingerprint density at radius 2 is 1.37 bits per heavy atom. The van der Waals surface area contributed by atoms with Crippen LogP contribution < -0.4 is 5.32 Å². The lowest BCUT2D eigenvalue weighted by molar-refractivity contribution is 0.166. The van der Waals surface area contributed by atoms with E-state index in [1.165, 1.54) is 17.2 Å². The molecule has 138 valence electrons. The van der Waals surface area contributed by atoms with E-state index in [-0.39, 0.29) is 11.4 Å². The average molecular weight is 360 g/mol. The highest BCUT2D eigenvalue weighted by molar-refractivity contribution is 5.49. The molecule has 27 heavy (non-hydrogen) atoms. The van der Waals surface area contributed by atoms with Gasteiger partial charge in [-0.1, -0.05) is 72.8 Å². The highest BCUT2D eigenvalue weighted by atomic mass is 19.1. The largest absolute Gasteiger partial charge is 0.373 e. The van der Waals surface area contributed by atoms with Gasteiger partial charge in [0.2, 0.25) is 0 Å². The Labute approximate surface area is 160 Å². The number of nitrogens with zero attached hydrogens (tertiary/aromatic N) is 1. The van der Waals surface area contributed by atoms with Gasteiger partial charge < -0.3 is 5.32 Å². The third-order valence-corrected chi connectivity index (χ3v) is 5.53. The van der Waals surface area contributed by atoms with Crippen LogP contribution in [0.3, 0.4) is 0 Å². The molecule has 3 aromatic rings. The predicted molar refractivity (Wildman–Crippen MR) is 109 cm³/mol. The molecule has 2 nitrogen and oxygen atoms in total. The molecule has 0 spiro atoms. The van der Waals surface area contributed by atoms with Crippen molar-refractivity contribution in [3.8, 4) is 0 Å². The standard InChI is InChI=1S/C24H25FN2/c25-22-13-7-8-14-23(22)26-24(21-11-5-2-6-12-21)15-17-27(18-16-24)19-20-9-3-1-4-10-20/h1-14,26H,15-19H2. The predicted octanol–water partition coefficient (Wildman–Crippen LogP) is 5.43. The van der Waals surface area contributed by atoms with Gasteiger partial charge in [0.15, 0.2) is 0 Å². The second kappa shape index (κ2) is 7.93. The van der Waals surface area contributed by atoms with Crippen LogP contribution in [0.4, 0.5) is 10.1 Å². The first kappa shape index (κ1) is 17.7. The Bertz CT molecular complexity index is 856. The lowest BCUT2D eigenvalue weighted by atomic mass is 9.80. The number of nitrogens with one attached hydrogen (secondary N) is 1. The molecule has 0 unspecified atom stereocenters. The summed E-state index contributed by atoms with van der Waals surface area (Å²) in [5.41, 5.74) is 2.91. The molecule has 0 radical (unpaired) electrons. The molecule has 3 aromatic carbocycles. The van der Waals surface area contributed by atoms with Gasteiger partial charge in [-0.05, 0) is 36.1 Å². The van der Waals surface area contributed by atoms with E-state index < -0.39 is 0 Å². The zero-order valence-electron chi connectivity index (χ0n) is 15.4. The topological polar surface area (TPSA) is 15.3 Å². The maximum atomic E-state index is 14.3. The van der Waals surface area contributed by atoms with Crippen LogP contribution in [-0.4, -0.2) is 18.0 Å². The molecule has 4 rings (SSSR count). The van der Waals surface area contributed by atoms with Gasteiger partial charge in [0.05, 0.1) is 11.2 Å². The maximum absolute atomic E-state index is 14.3. The fourth-order valence-electron chi connectivity index (χ4n) is 4.00. The number of likely N-dealkylation sites (tertiary alicyclic amines) is 1. The molecule has 1 heterocycles. The Morgan fingerprint density at radius 1 is 0.778 bits per heavy atom. The molecular formula is C24H25FN2. The fraction of sp³-hybridized carbons (Fsp3) is 0.250. The van der Waals surface area contributed by atoms with Crippen LogP contribution in [0.2, 0.25) is 0 Å². The molecule has 1 fully saturated rings. The summed E-state index contributed by atoms with van der Waals surface area (Å²) in [7, 11) is 0. The van der Waals surface area contributed by atoms with Gasteiger partial charge in [0.1, 0.15) is 5.82 Å². The second-order valence-electron chi connectivity index (χ2n) is 7.31. The first-order valence-electron chi connectivity index (χ1n) is 9.60. The molecule has 1 aliphatic rings. The summed E-state index contributed by atoms with van der Waals surface area (Å²) < 4.78 is 14.3. The molecular weight excluding hydrogens is 335 g/mol. The normalized spacial score (nSPS) is 16.8. The average Bonchev–Trinajstić information content (AvgIpc) is 2.73. The van der Waals surface area contributed by atoms with E-state index in [2.05, 4.69) is 64.8 Å². The number of hydrogen-bond acceptors (Lipinski definition) is 2. The number of piperidine rings is 1. The second-order valence-corrected chi connectivity index (χ2v) is 7.31. The van der Waals surface area contributed by atoms with Crippen molar-refractivity contribution in [2.75, 3.05) is 18.4 Å². The number of benzene rings is 3. The molecule has 1 saturated heterocycles. The molecule has 1 aliphatic heterocycles. The number of anilines is 1. The lowest BCUT2D eigenvalue weighted by Gasteiger charge is -2.43. The van der Waals surface area contributed by atoms with Crippen molar-refractivity contribution in [2.24, 2.45) is 0 Å². The van der Waals surface area contributed by atoms with E-state index >= 15 is 0 Å². The van der Waals surface area contributed by atoms with E-state index in [4.69, 9.17) is 0 Å². The van der Waals surface area contributed by atoms with Gasteiger partial charge in [0.25, 0.3) is 0 Å². The molecule has 0 atom stereocenters. The zero-order chi connectivity index (χ0) is 18.5. The number of halogens is 1. The first-order chi connectivity index (χ1) is 13.3. The minimum Gasteiger partial charge on any atom is -0.373 e. The van der Waals surface area contributed by atoms with Gasteiger partial charge >= 0.3 is 0 Å². The molecule has 0 saturated carbocycles. The van der Waals surface area contributed by atoms with Crippen LogP contribution in [-0.2, 0) is 12.1 Å². The summed E-state index contributed by atoms with van der Waals surface area (Å²) in [5.74, 6) is -0.195. The Hall–Kier alpha value is -2.65. The summed E-state index contributed by atoms with van der Waals surface area (Å²) in [6.07, 6.45) is 1.89. The summed E-state index contributed by atoms with van der Waals surface area (Å²) in [5, 5.41) is 3.56. The molecule has 1 N–H and O–H groups in total. The van der Waals surface area contributed by atoms with Crippen molar-refractivity contribution in [3.63, 3.8) is 0 Å². The summed E-state index contributed by atoms with van der Waals surface area (Å²) in [6.45, 7) is 2.92. The molecule has 0 amide bonds. The molecule has 3 heteroatoms. The van der Waals surface area contributed by atoms with E-state index in [0.717, 1.165) is 32.5 Å². The number of hydrogen-bond donors (Lipinski definition) is 1. The van der Waals surface area contributed by atoms with Crippen LogP contribution in [0.5, 0.6) is 0 Å². The molecule has 0 aromatic heterocycles. The van der Waals surface area contributed by atoms with Crippen molar-refractivity contribution in [1.82, 2.24) is 4.90 Å². The van der Waals surface area contributed by atoms with Gasteiger partial charge in [-0.3, -0.25) is 4.90 Å². The minimum atomic E-state index is -0.239. The van der Waals surface area contributed by atoms with Crippen molar-refractivity contribution in [1.29, 1.82) is 0 Å². The van der Waals surface area contributed by atoms with E-state index in [9.17, 15) is 4.39 Å². The molecule has 0 aliphatic carbocycles. The smallest absolute Gasteiger partial charge is 0.146 e. The highest BCUT2D eigenvalue weighted by Gasteiger charge is 2.36. The van der Waals surface area contributed by atoms with Crippen LogP contribution in [0.15, 0.2) is 84.9 Å². The summed E-state index contributed by atoms with van der Waals surface area (Å²) >= 11 is 0. The van der Waals surface area contributed by atoms with Gasteiger partial charge in [0, 0.05) is 19.6 Å². The minimum absolute atomic E-state index is 0.195. The maximum Gasteiger partial charge on any atom is 0.146 e. The monoisotopic (exact) mass is 360 g/mol.